The molecule has 0 radical (unpaired) electrons. The van der Waals surface area contributed by atoms with Crippen LogP contribution in [0.25, 0.3) is 0 Å². The summed E-state index contributed by atoms with van der Waals surface area (Å²) in [5.41, 5.74) is 1.99. The fourth-order valence-corrected chi connectivity index (χ4v) is 3.30. The number of aromatic nitrogens is 1. The largest absolute Gasteiger partial charge is 0.467 e. The average molecular weight is 416 g/mol. The third-order valence-corrected chi connectivity index (χ3v) is 4.77. The number of aliphatic hydroxyl groups excluding tert-OH is 1. The highest BCUT2D eigenvalue weighted by atomic mass is 19.1. The molecule has 0 amide bonds. The van der Waals surface area contributed by atoms with E-state index in [0.717, 1.165) is 17.0 Å². The number of halogens is 1. The summed E-state index contributed by atoms with van der Waals surface area (Å²) < 4.78 is 31.6. The van der Waals surface area contributed by atoms with Crippen LogP contribution < -0.4 is 0 Å². The first-order valence-electron chi connectivity index (χ1n) is 10.0. The van der Waals surface area contributed by atoms with Gasteiger partial charge in [0.05, 0.1) is 25.6 Å². The Morgan fingerprint density at radius 1 is 1.20 bits per heavy atom. The minimum Gasteiger partial charge on any atom is -0.467 e. The summed E-state index contributed by atoms with van der Waals surface area (Å²) in [5.74, 6) is 0.495. The first-order valence-corrected chi connectivity index (χ1v) is 10.0. The van der Waals surface area contributed by atoms with Gasteiger partial charge in [0.25, 0.3) is 0 Å². The molecule has 0 aliphatic rings. The Morgan fingerprint density at radius 2 is 2.10 bits per heavy atom. The van der Waals surface area contributed by atoms with Gasteiger partial charge in [-0.2, -0.15) is 0 Å². The summed E-state index contributed by atoms with van der Waals surface area (Å²) in [7, 11) is 1.66. The van der Waals surface area contributed by atoms with Crippen molar-refractivity contribution in [2.24, 2.45) is 0 Å². The molecule has 6 nitrogen and oxygen atoms in total. The van der Waals surface area contributed by atoms with Crippen molar-refractivity contribution in [2.45, 2.75) is 25.8 Å². The number of furan rings is 1. The molecule has 1 aromatic carbocycles. The van der Waals surface area contributed by atoms with Gasteiger partial charge in [0.15, 0.2) is 0 Å². The molecule has 0 spiro atoms. The van der Waals surface area contributed by atoms with E-state index in [2.05, 4.69) is 9.47 Å². The van der Waals surface area contributed by atoms with Crippen molar-refractivity contribution in [3.63, 3.8) is 0 Å². The van der Waals surface area contributed by atoms with E-state index >= 15 is 0 Å². The van der Waals surface area contributed by atoms with Crippen molar-refractivity contribution in [3.8, 4) is 0 Å². The Labute approximate surface area is 176 Å². The van der Waals surface area contributed by atoms with Crippen LogP contribution in [-0.2, 0) is 29.2 Å². The predicted molar refractivity (Wildman–Crippen MR) is 111 cm³/mol. The molecule has 0 bridgehead atoms. The number of nitrogens with zero attached hydrogens (tertiary/aromatic N) is 2. The number of hydrogen-bond acceptors (Lipinski definition) is 5. The molecule has 0 aliphatic carbocycles. The lowest BCUT2D eigenvalue weighted by molar-refractivity contribution is 0.000155. The Balaban J connectivity index is 1.55. The minimum atomic E-state index is -0.636. The van der Waals surface area contributed by atoms with Gasteiger partial charge in [-0.15, -0.1) is 0 Å². The molecule has 0 saturated heterocycles. The van der Waals surface area contributed by atoms with Crippen molar-refractivity contribution >= 4 is 0 Å². The highest BCUT2D eigenvalue weighted by molar-refractivity contribution is 5.19. The fraction of sp³-hybridized carbons (Fsp3) is 0.391. The Morgan fingerprint density at radius 3 is 2.87 bits per heavy atom. The van der Waals surface area contributed by atoms with Crippen LogP contribution >= 0.6 is 0 Å². The molecule has 2 aromatic heterocycles. The number of aliphatic hydroxyl groups is 1. The van der Waals surface area contributed by atoms with E-state index in [0.29, 0.717) is 39.4 Å². The molecule has 0 saturated carbocycles. The molecular weight excluding hydrogens is 387 g/mol. The molecule has 162 valence electrons. The topological polar surface area (TPSA) is 60.0 Å². The highest BCUT2D eigenvalue weighted by Gasteiger charge is 2.15. The van der Waals surface area contributed by atoms with Crippen LogP contribution in [-0.4, -0.2) is 54.1 Å². The summed E-state index contributed by atoms with van der Waals surface area (Å²) in [6.07, 6.45) is 2.95. The van der Waals surface area contributed by atoms with Gasteiger partial charge in [-0.25, -0.2) is 4.39 Å². The lowest BCUT2D eigenvalue weighted by Gasteiger charge is -2.25. The summed E-state index contributed by atoms with van der Waals surface area (Å²) in [6.45, 7) is 3.47. The van der Waals surface area contributed by atoms with Gasteiger partial charge in [0.1, 0.15) is 18.2 Å². The van der Waals surface area contributed by atoms with Crippen LogP contribution in [0.4, 0.5) is 4.39 Å². The second-order valence-corrected chi connectivity index (χ2v) is 7.23. The minimum absolute atomic E-state index is 0.217. The molecule has 2 heterocycles. The Kier molecular flexibility index (Phi) is 8.65. The van der Waals surface area contributed by atoms with Gasteiger partial charge >= 0.3 is 0 Å². The molecule has 0 unspecified atom stereocenters. The molecular formula is C23H29FN2O4. The van der Waals surface area contributed by atoms with E-state index in [1.807, 2.05) is 30.5 Å². The predicted octanol–water partition coefficient (Wildman–Crippen LogP) is 3.29. The maximum atomic E-state index is 13.5. The van der Waals surface area contributed by atoms with E-state index in [1.54, 1.807) is 31.6 Å². The van der Waals surface area contributed by atoms with E-state index in [9.17, 15) is 9.50 Å². The highest BCUT2D eigenvalue weighted by Crippen LogP contribution is 2.12. The van der Waals surface area contributed by atoms with Crippen molar-refractivity contribution in [1.82, 2.24) is 9.47 Å². The summed E-state index contributed by atoms with van der Waals surface area (Å²) >= 11 is 0. The molecule has 3 aromatic rings. The number of rotatable bonds is 13. The van der Waals surface area contributed by atoms with Gasteiger partial charge in [-0.3, -0.25) is 4.90 Å². The van der Waals surface area contributed by atoms with Crippen LogP contribution in [0.1, 0.15) is 17.0 Å². The fourth-order valence-electron chi connectivity index (χ4n) is 3.30. The maximum absolute atomic E-state index is 13.5. The Hall–Kier alpha value is -2.45. The van der Waals surface area contributed by atoms with Gasteiger partial charge in [0.2, 0.25) is 0 Å². The SMILES string of the molecule is COCCN(Cc1cccn1Cc1cccc(F)c1)C[C@H](O)COCc1ccco1. The summed E-state index contributed by atoms with van der Waals surface area (Å²) in [5, 5.41) is 10.4. The van der Waals surface area contributed by atoms with Crippen LogP contribution in [0.2, 0.25) is 0 Å². The number of benzene rings is 1. The summed E-state index contributed by atoms with van der Waals surface area (Å²) in [4.78, 5) is 2.13. The quantitative estimate of drug-likeness (QED) is 0.463. The van der Waals surface area contributed by atoms with Crippen molar-refractivity contribution in [1.29, 1.82) is 0 Å². The zero-order valence-corrected chi connectivity index (χ0v) is 17.2. The smallest absolute Gasteiger partial charge is 0.129 e. The molecule has 3 rings (SSSR count). The molecule has 1 atom stereocenters. The lowest BCUT2D eigenvalue weighted by Crippen LogP contribution is -2.37. The van der Waals surface area contributed by atoms with E-state index in [-0.39, 0.29) is 12.4 Å². The van der Waals surface area contributed by atoms with E-state index in [1.165, 1.54) is 6.07 Å². The first kappa shape index (κ1) is 22.2. The third kappa shape index (κ3) is 7.11. The van der Waals surface area contributed by atoms with Crippen molar-refractivity contribution in [2.75, 3.05) is 33.4 Å². The number of methoxy groups -OCH3 is 1. The van der Waals surface area contributed by atoms with Crippen LogP contribution in [0, 0.1) is 5.82 Å². The standard InChI is InChI=1S/C23H29FN2O4/c1-28-12-10-25(16-22(27)17-29-18-23-8-4-11-30-23)15-21-7-3-9-26(21)14-19-5-2-6-20(24)13-19/h2-9,11,13,22,27H,10,12,14-18H2,1H3/t22-/m0/s1. The second kappa shape index (κ2) is 11.7. The first-order chi connectivity index (χ1) is 14.6. The molecule has 0 fully saturated rings. The Bertz CT molecular complexity index is 866. The van der Waals surface area contributed by atoms with E-state index in [4.69, 9.17) is 13.9 Å². The van der Waals surface area contributed by atoms with Crippen LogP contribution in [0.3, 0.4) is 0 Å². The zero-order valence-electron chi connectivity index (χ0n) is 17.2. The summed E-state index contributed by atoms with van der Waals surface area (Å²) in [6, 6.07) is 14.3. The molecule has 1 N–H and O–H groups in total. The number of hydrogen-bond donors (Lipinski definition) is 1. The average Bonchev–Trinajstić information content (AvgIpc) is 3.39. The molecule has 30 heavy (non-hydrogen) atoms. The maximum Gasteiger partial charge on any atom is 0.129 e. The lowest BCUT2D eigenvalue weighted by atomic mass is 10.2. The van der Waals surface area contributed by atoms with Crippen molar-refractivity contribution < 1.29 is 23.4 Å². The molecule has 0 aliphatic heterocycles. The van der Waals surface area contributed by atoms with Crippen molar-refractivity contribution in [3.05, 3.63) is 83.8 Å². The van der Waals surface area contributed by atoms with Gasteiger partial charge in [-0.05, 0) is 42.0 Å². The van der Waals surface area contributed by atoms with Gasteiger partial charge < -0.3 is 23.6 Å². The van der Waals surface area contributed by atoms with Crippen LogP contribution in [0.15, 0.2) is 65.4 Å². The van der Waals surface area contributed by atoms with Gasteiger partial charge in [-0.1, -0.05) is 12.1 Å². The normalized spacial score (nSPS) is 12.5. The monoisotopic (exact) mass is 416 g/mol. The number of ether oxygens (including phenoxy) is 2. The molecule has 7 heteroatoms. The van der Waals surface area contributed by atoms with Gasteiger partial charge in [0, 0.05) is 45.2 Å². The second-order valence-electron chi connectivity index (χ2n) is 7.23. The van der Waals surface area contributed by atoms with Crippen LogP contribution in [0.5, 0.6) is 0 Å². The third-order valence-electron chi connectivity index (χ3n) is 4.77. The van der Waals surface area contributed by atoms with E-state index < -0.39 is 6.10 Å². The zero-order chi connectivity index (χ0) is 21.2.